The molecule has 1 aromatic heterocycles. The van der Waals surface area contributed by atoms with Gasteiger partial charge >= 0.3 is 5.97 Å². The van der Waals surface area contributed by atoms with Crippen LogP contribution in [0.1, 0.15) is 17.5 Å². The van der Waals surface area contributed by atoms with Gasteiger partial charge in [0.05, 0.1) is 16.8 Å². The summed E-state index contributed by atoms with van der Waals surface area (Å²) < 4.78 is 6.30. The maximum atomic E-state index is 12.3. The predicted molar refractivity (Wildman–Crippen MR) is 114 cm³/mol. The van der Waals surface area contributed by atoms with Gasteiger partial charge in [-0.25, -0.2) is 4.98 Å². The summed E-state index contributed by atoms with van der Waals surface area (Å²) in [5, 5.41) is 0.469. The Morgan fingerprint density at radius 3 is 2.61 bits per heavy atom. The number of hydrogen-bond donors (Lipinski definition) is 0. The van der Waals surface area contributed by atoms with Crippen LogP contribution in [0, 0.1) is 6.92 Å². The smallest absolute Gasteiger partial charge is 0.319 e. The summed E-state index contributed by atoms with van der Waals surface area (Å²) in [7, 11) is 1.69. The molecule has 0 N–H and O–H groups in total. The molecule has 0 spiro atoms. The molecule has 0 aliphatic rings. The summed E-state index contributed by atoms with van der Waals surface area (Å²) in [4.78, 5) is 31.5. The van der Waals surface area contributed by atoms with Crippen molar-refractivity contribution in [2.24, 2.45) is 0 Å². The highest BCUT2D eigenvalue weighted by atomic mass is 32.2. The zero-order chi connectivity index (χ0) is 20.1. The highest BCUT2D eigenvalue weighted by Gasteiger charge is 2.19. The molecule has 0 saturated heterocycles. The molecule has 1 amide bonds. The number of hydrogen-bond acceptors (Lipinski definition) is 6. The summed E-state index contributed by atoms with van der Waals surface area (Å²) in [5.41, 5.74) is 2.10. The number of amides is 1. The van der Waals surface area contributed by atoms with E-state index in [9.17, 15) is 9.59 Å². The zero-order valence-electron chi connectivity index (χ0n) is 16.0. The summed E-state index contributed by atoms with van der Waals surface area (Å²) >= 11 is 2.98. The summed E-state index contributed by atoms with van der Waals surface area (Å²) in [6.07, 6.45) is 0. The van der Waals surface area contributed by atoms with Crippen molar-refractivity contribution in [2.75, 3.05) is 13.7 Å². The Morgan fingerprint density at radius 1 is 1.18 bits per heavy atom. The molecule has 0 aliphatic heterocycles. The van der Waals surface area contributed by atoms with E-state index in [1.165, 1.54) is 22.2 Å². The normalized spacial score (nSPS) is 12.0. The maximum absolute atomic E-state index is 12.3. The maximum Gasteiger partial charge on any atom is 0.319 e. The molecule has 0 radical (unpaired) electrons. The topological polar surface area (TPSA) is 59.5 Å². The molecule has 0 aliphatic carbocycles. The average Bonchev–Trinajstić information content (AvgIpc) is 3.09. The number of nitrogens with zero attached hydrogens (tertiary/aromatic N) is 2. The highest BCUT2D eigenvalue weighted by Crippen LogP contribution is 2.24. The molecule has 2 aromatic carbocycles. The number of carbonyl (C=O) groups excluding carboxylic acids is 2. The van der Waals surface area contributed by atoms with E-state index in [4.69, 9.17) is 4.74 Å². The number of thiazole rings is 1. The van der Waals surface area contributed by atoms with Crippen molar-refractivity contribution in [3.8, 4) is 0 Å². The van der Waals surface area contributed by atoms with Gasteiger partial charge in [-0.3, -0.25) is 9.59 Å². The molecule has 5 nitrogen and oxygen atoms in total. The Labute approximate surface area is 172 Å². The molecule has 0 saturated carbocycles. The van der Waals surface area contributed by atoms with Gasteiger partial charge in [0.25, 0.3) is 5.91 Å². The lowest BCUT2D eigenvalue weighted by Gasteiger charge is -2.16. The van der Waals surface area contributed by atoms with Crippen LogP contribution in [0.4, 0.5) is 0 Å². The van der Waals surface area contributed by atoms with Gasteiger partial charge in [0.2, 0.25) is 0 Å². The number of likely N-dealkylation sites (N-methyl/N-ethyl adjacent to an activating group) is 1. The molecule has 0 unspecified atom stereocenters. The van der Waals surface area contributed by atoms with Crippen LogP contribution in [-0.2, 0) is 20.9 Å². The van der Waals surface area contributed by atoms with Crippen molar-refractivity contribution in [3.05, 3.63) is 59.1 Å². The van der Waals surface area contributed by atoms with E-state index in [2.05, 4.69) is 4.98 Å². The monoisotopic (exact) mass is 414 g/mol. The first-order valence-electron chi connectivity index (χ1n) is 8.91. The van der Waals surface area contributed by atoms with Crippen LogP contribution in [0.2, 0.25) is 0 Å². The third kappa shape index (κ3) is 5.33. The van der Waals surface area contributed by atoms with E-state index >= 15 is 0 Å². The third-order valence-corrected chi connectivity index (χ3v) is 6.25. The van der Waals surface area contributed by atoms with Crippen LogP contribution in [0.25, 0.3) is 10.2 Å². The number of rotatable bonds is 7. The van der Waals surface area contributed by atoms with E-state index < -0.39 is 5.97 Å². The van der Waals surface area contributed by atoms with Crippen molar-refractivity contribution in [2.45, 2.75) is 30.5 Å². The molecule has 7 heteroatoms. The SMILES string of the molecule is Cc1ccc(S[C@H](C)C(=O)OCC(=O)N(C)Cc2nc3ccccc3s2)cc1. The van der Waals surface area contributed by atoms with Crippen molar-refractivity contribution >= 4 is 45.2 Å². The fraction of sp³-hybridized carbons (Fsp3) is 0.286. The molecule has 0 bridgehead atoms. The van der Waals surface area contributed by atoms with Crippen molar-refractivity contribution in [3.63, 3.8) is 0 Å². The van der Waals surface area contributed by atoms with Gasteiger partial charge < -0.3 is 9.64 Å². The second-order valence-electron chi connectivity index (χ2n) is 6.51. The van der Waals surface area contributed by atoms with Crippen LogP contribution in [0.15, 0.2) is 53.4 Å². The number of para-hydroxylation sites is 1. The Morgan fingerprint density at radius 2 is 1.89 bits per heavy atom. The fourth-order valence-corrected chi connectivity index (χ4v) is 4.39. The Bertz CT molecular complexity index is 936. The molecule has 0 fully saturated rings. The molecule has 1 heterocycles. The second kappa shape index (κ2) is 9.21. The van der Waals surface area contributed by atoms with Gasteiger partial charge in [-0.05, 0) is 38.1 Å². The summed E-state index contributed by atoms with van der Waals surface area (Å²) in [5.74, 6) is -0.646. The summed E-state index contributed by atoms with van der Waals surface area (Å²) in [6, 6.07) is 15.8. The fourth-order valence-electron chi connectivity index (χ4n) is 2.51. The Kier molecular flexibility index (Phi) is 6.70. The predicted octanol–water partition coefficient (Wildman–Crippen LogP) is 4.29. The second-order valence-corrected chi connectivity index (χ2v) is 9.04. The van der Waals surface area contributed by atoms with Gasteiger partial charge in [-0.2, -0.15) is 0 Å². The lowest BCUT2D eigenvalue weighted by Crippen LogP contribution is -2.32. The quantitative estimate of drug-likeness (QED) is 0.426. The number of ether oxygens (including phenoxy) is 1. The van der Waals surface area contributed by atoms with E-state index in [1.54, 1.807) is 25.3 Å². The first kappa shape index (κ1) is 20.4. The van der Waals surface area contributed by atoms with Crippen LogP contribution < -0.4 is 0 Å². The first-order chi connectivity index (χ1) is 13.4. The number of aryl methyl sites for hydroxylation is 1. The van der Waals surface area contributed by atoms with Gasteiger partial charge in [0.15, 0.2) is 6.61 Å². The summed E-state index contributed by atoms with van der Waals surface area (Å²) in [6.45, 7) is 3.92. The van der Waals surface area contributed by atoms with Gasteiger partial charge in [-0.15, -0.1) is 23.1 Å². The molecule has 146 valence electrons. The van der Waals surface area contributed by atoms with E-state index in [0.29, 0.717) is 6.54 Å². The minimum atomic E-state index is -0.396. The van der Waals surface area contributed by atoms with Crippen molar-refractivity contribution in [1.29, 1.82) is 0 Å². The third-order valence-electron chi connectivity index (χ3n) is 4.14. The number of benzene rings is 2. The Hall–Kier alpha value is -2.38. The molecular formula is C21H22N2O3S2. The number of thioether (sulfide) groups is 1. The van der Waals surface area contributed by atoms with Crippen LogP contribution in [-0.4, -0.2) is 40.7 Å². The number of esters is 1. The number of fused-ring (bicyclic) bond motifs is 1. The van der Waals surface area contributed by atoms with E-state index in [-0.39, 0.29) is 17.8 Å². The minimum Gasteiger partial charge on any atom is -0.455 e. The molecular weight excluding hydrogens is 392 g/mol. The lowest BCUT2D eigenvalue weighted by atomic mass is 10.2. The van der Waals surface area contributed by atoms with Crippen LogP contribution >= 0.6 is 23.1 Å². The molecule has 3 rings (SSSR count). The first-order valence-corrected chi connectivity index (χ1v) is 10.6. The van der Waals surface area contributed by atoms with Crippen molar-refractivity contribution in [1.82, 2.24) is 9.88 Å². The molecule has 28 heavy (non-hydrogen) atoms. The zero-order valence-corrected chi connectivity index (χ0v) is 17.7. The standard InChI is InChI=1S/C21H22N2O3S2/c1-14-8-10-16(11-9-14)27-15(2)21(25)26-13-20(24)23(3)12-19-22-17-6-4-5-7-18(17)28-19/h4-11,15H,12-13H2,1-3H3/t15-/m1/s1. The lowest BCUT2D eigenvalue weighted by molar-refractivity contribution is -0.151. The molecule has 1 atom stereocenters. The van der Waals surface area contributed by atoms with Gasteiger partial charge in [-0.1, -0.05) is 29.8 Å². The minimum absolute atomic E-state index is 0.250. The van der Waals surface area contributed by atoms with E-state index in [0.717, 1.165) is 20.1 Å². The van der Waals surface area contributed by atoms with Gasteiger partial charge in [0, 0.05) is 11.9 Å². The van der Waals surface area contributed by atoms with Gasteiger partial charge in [0.1, 0.15) is 10.3 Å². The Balaban J connectivity index is 1.48. The number of carbonyl (C=O) groups is 2. The van der Waals surface area contributed by atoms with Crippen molar-refractivity contribution < 1.29 is 14.3 Å². The number of aromatic nitrogens is 1. The largest absolute Gasteiger partial charge is 0.455 e. The highest BCUT2D eigenvalue weighted by molar-refractivity contribution is 8.00. The van der Waals surface area contributed by atoms with Crippen LogP contribution in [0.3, 0.4) is 0 Å². The average molecular weight is 415 g/mol. The van der Waals surface area contributed by atoms with Crippen LogP contribution in [0.5, 0.6) is 0 Å². The molecule has 3 aromatic rings. The van der Waals surface area contributed by atoms with E-state index in [1.807, 2.05) is 55.5 Å².